The van der Waals surface area contributed by atoms with Gasteiger partial charge in [0, 0.05) is 19.5 Å². The molecule has 2 fully saturated rings. The molecule has 0 spiro atoms. The zero-order valence-corrected chi connectivity index (χ0v) is 18.0. The first-order valence-corrected chi connectivity index (χ1v) is 11.2. The van der Waals surface area contributed by atoms with Gasteiger partial charge >= 0.3 is 5.76 Å². The maximum atomic E-state index is 12.7. The van der Waals surface area contributed by atoms with E-state index in [1.165, 1.54) is 17.4 Å². The number of carbonyl (C=O) groups excluding carboxylic acids is 1. The number of hydrogen-bond acceptors (Lipinski definition) is 5. The van der Waals surface area contributed by atoms with Gasteiger partial charge < -0.3 is 15.1 Å². The van der Waals surface area contributed by atoms with Crippen molar-refractivity contribution >= 4 is 17.0 Å². The van der Waals surface area contributed by atoms with Gasteiger partial charge in [0.05, 0.1) is 17.6 Å². The van der Waals surface area contributed by atoms with Gasteiger partial charge in [0.15, 0.2) is 5.58 Å². The molecule has 2 heterocycles. The number of hydrogen-bond donors (Lipinski definition) is 2. The second kappa shape index (κ2) is 8.29. The smallest absolute Gasteiger partial charge is 0.408 e. The van der Waals surface area contributed by atoms with Crippen LogP contribution in [0.4, 0.5) is 0 Å². The summed E-state index contributed by atoms with van der Waals surface area (Å²) < 4.78 is 6.68. The third-order valence-corrected chi connectivity index (χ3v) is 6.92. The molecular formula is C25H26N4O3. The minimum absolute atomic E-state index is 0.0680. The largest absolute Gasteiger partial charge is 0.419 e. The lowest BCUT2D eigenvalue weighted by Gasteiger charge is -2.17. The normalized spacial score (nSPS) is 23.1. The SMILES string of the molecule is Cn1c(=O)oc2ccc(-c3ccc(C[C@@H](C#N)NC(=O)[C@@H]4C[C@@H]5CCC[C@@H]5N4)cc3)cc21. The molecule has 3 aromatic rings. The van der Waals surface area contributed by atoms with E-state index in [0.717, 1.165) is 35.0 Å². The minimum atomic E-state index is -0.563. The van der Waals surface area contributed by atoms with Gasteiger partial charge in [0.2, 0.25) is 5.91 Å². The van der Waals surface area contributed by atoms with Crippen LogP contribution in [0.25, 0.3) is 22.2 Å². The van der Waals surface area contributed by atoms with Crippen molar-refractivity contribution in [2.75, 3.05) is 0 Å². The Morgan fingerprint density at radius 3 is 2.78 bits per heavy atom. The molecule has 0 unspecified atom stereocenters. The number of fused-ring (bicyclic) bond motifs is 2. The van der Waals surface area contributed by atoms with Gasteiger partial charge in [0.1, 0.15) is 6.04 Å². The number of nitrogens with zero attached hydrogens (tertiary/aromatic N) is 2. The molecule has 1 saturated carbocycles. The first-order chi connectivity index (χ1) is 15.5. The van der Waals surface area contributed by atoms with Crippen LogP contribution in [-0.4, -0.2) is 28.6 Å². The van der Waals surface area contributed by atoms with Gasteiger partial charge in [0.25, 0.3) is 0 Å². The molecule has 2 aromatic carbocycles. The lowest BCUT2D eigenvalue weighted by Crippen LogP contribution is -2.46. The van der Waals surface area contributed by atoms with Gasteiger partial charge in [-0.1, -0.05) is 36.8 Å². The summed E-state index contributed by atoms with van der Waals surface area (Å²) in [6.07, 6.45) is 4.90. The molecule has 1 amide bonds. The number of nitriles is 1. The minimum Gasteiger partial charge on any atom is -0.408 e. The van der Waals surface area contributed by atoms with Gasteiger partial charge in [-0.3, -0.25) is 9.36 Å². The van der Waals surface area contributed by atoms with Crippen molar-refractivity contribution in [1.82, 2.24) is 15.2 Å². The Morgan fingerprint density at radius 2 is 2.03 bits per heavy atom. The maximum Gasteiger partial charge on any atom is 0.419 e. The van der Waals surface area contributed by atoms with Gasteiger partial charge in [-0.05, 0) is 54.0 Å². The van der Waals surface area contributed by atoms with Crippen molar-refractivity contribution in [2.45, 2.75) is 50.2 Å². The van der Waals surface area contributed by atoms with Crippen LogP contribution in [0.15, 0.2) is 51.7 Å². The van der Waals surface area contributed by atoms with E-state index in [-0.39, 0.29) is 17.7 Å². The number of aryl methyl sites for hydroxylation is 1. The van der Waals surface area contributed by atoms with E-state index in [1.54, 1.807) is 13.1 Å². The zero-order chi connectivity index (χ0) is 22.2. The Kier molecular flexibility index (Phi) is 5.32. The van der Waals surface area contributed by atoms with Crippen molar-refractivity contribution in [3.8, 4) is 17.2 Å². The van der Waals surface area contributed by atoms with Crippen LogP contribution in [0.1, 0.15) is 31.2 Å². The van der Waals surface area contributed by atoms with Crippen molar-refractivity contribution in [2.24, 2.45) is 13.0 Å². The third-order valence-electron chi connectivity index (χ3n) is 6.92. The average molecular weight is 431 g/mol. The summed E-state index contributed by atoms with van der Waals surface area (Å²) in [6.45, 7) is 0. The Balaban J connectivity index is 1.24. The highest BCUT2D eigenvalue weighted by Gasteiger charge is 2.40. The number of oxazole rings is 1. The standard InChI is InChI=1S/C25H26N4O3/c1-29-22-13-17(9-10-23(22)32-25(29)31)16-7-5-15(6-8-16)11-19(14-26)27-24(30)21-12-18-3-2-4-20(18)28-21/h5-10,13,18-21,28H,2-4,11-12H2,1H3,(H,27,30)/t18-,19-,20-,21-/m0/s1. The van der Waals surface area contributed by atoms with Gasteiger partial charge in [-0.2, -0.15) is 5.26 Å². The van der Waals surface area contributed by atoms with E-state index in [9.17, 15) is 14.9 Å². The topological polar surface area (TPSA) is 100 Å². The van der Waals surface area contributed by atoms with Gasteiger partial charge in [-0.15, -0.1) is 0 Å². The fourth-order valence-corrected chi connectivity index (χ4v) is 5.13. The number of aromatic nitrogens is 1. The number of rotatable bonds is 5. The van der Waals surface area contributed by atoms with E-state index in [0.29, 0.717) is 24.0 Å². The molecular weight excluding hydrogens is 404 g/mol. The van der Waals surface area contributed by atoms with Crippen LogP contribution >= 0.6 is 0 Å². The fraction of sp³-hybridized carbons (Fsp3) is 0.400. The zero-order valence-electron chi connectivity index (χ0n) is 18.0. The average Bonchev–Trinajstić information content (AvgIpc) is 3.48. The predicted molar refractivity (Wildman–Crippen MR) is 121 cm³/mol. The van der Waals surface area contributed by atoms with E-state index >= 15 is 0 Å². The summed E-state index contributed by atoms with van der Waals surface area (Å²) in [5.41, 5.74) is 4.26. The number of nitrogens with one attached hydrogen (secondary N) is 2. The Bertz CT molecular complexity index is 1240. The molecule has 164 valence electrons. The Labute approximate surface area is 186 Å². The highest BCUT2D eigenvalue weighted by Crippen LogP contribution is 2.34. The molecule has 32 heavy (non-hydrogen) atoms. The molecule has 7 heteroatoms. The molecule has 2 aliphatic rings. The molecule has 0 bridgehead atoms. The van der Waals surface area contributed by atoms with Crippen LogP contribution in [0.2, 0.25) is 0 Å². The van der Waals surface area contributed by atoms with Crippen LogP contribution < -0.4 is 16.4 Å². The molecule has 0 radical (unpaired) electrons. The summed E-state index contributed by atoms with van der Waals surface area (Å²) in [7, 11) is 1.69. The second-order valence-electron chi connectivity index (χ2n) is 8.95. The number of amides is 1. The Hall–Kier alpha value is -3.37. The number of carbonyl (C=O) groups is 1. The maximum absolute atomic E-state index is 12.7. The quantitative estimate of drug-likeness (QED) is 0.648. The van der Waals surface area contributed by atoms with Crippen molar-refractivity contribution < 1.29 is 9.21 Å². The first-order valence-electron chi connectivity index (χ1n) is 11.2. The highest BCUT2D eigenvalue weighted by atomic mass is 16.4. The highest BCUT2D eigenvalue weighted by molar-refractivity contribution is 5.83. The van der Waals surface area contributed by atoms with E-state index in [1.807, 2.05) is 36.4 Å². The lowest BCUT2D eigenvalue weighted by atomic mass is 10.00. The molecule has 1 saturated heterocycles. The molecule has 1 aromatic heterocycles. The summed E-state index contributed by atoms with van der Waals surface area (Å²) in [5.74, 6) is 0.150. The van der Waals surface area contributed by atoms with Crippen LogP contribution in [0, 0.1) is 17.2 Å². The monoisotopic (exact) mass is 430 g/mol. The molecule has 1 aliphatic heterocycles. The molecule has 7 nitrogen and oxygen atoms in total. The summed E-state index contributed by atoms with van der Waals surface area (Å²) >= 11 is 0. The third kappa shape index (κ3) is 3.82. The van der Waals surface area contributed by atoms with Crippen molar-refractivity contribution in [1.29, 1.82) is 5.26 Å². The molecule has 2 N–H and O–H groups in total. The summed E-state index contributed by atoms with van der Waals surface area (Å²) in [5, 5.41) is 15.9. The van der Waals surface area contributed by atoms with E-state index in [2.05, 4.69) is 16.7 Å². The molecule has 5 rings (SSSR count). The van der Waals surface area contributed by atoms with Crippen molar-refractivity contribution in [3.63, 3.8) is 0 Å². The van der Waals surface area contributed by atoms with E-state index < -0.39 is 6.04 Å². The fourth-order valence-electron chi connectivity index (χ4n) is 5.13. The molecule has 4 atom stereocenters. The van der Waals surface area contributed by atoms with E-state index in [4.69, 9.17) is 4.42 Å². The first kappa shape index (κ1) is 20.5. The van der Waals surface area contributed by atoms with Crippen LogP contribution in [-0.2, 0) is 18.3 Å². The molecule has 1 aliphatic carbocycles. The lowest BCUT2D eigenvalue weighted by molar-refractivity contribution is -0.123. The summed E-state index contributed by atoms with van der Waals surface area (Å²) in [6, 6.07) is 15.5. The number of benzene rings is 2. The van der Waals surface area contributed by atoms with Crippen LogP contribution in [0.5, 0.6) is 0 Å². The predicted octanol–water partition coefficient (Wildman–Crippen LogP) is 2.88. The Morgan fingerprint density at radius 1 is 1.25 bits per heavy atom. The van der Waals surface area contributed by atoms with Gasteiger partial charge in [-0.25, -0.2) is 4.79 Å². The second-order valence-corrected chi connectivity index (χ2v) is 8.95. The summed E-state index contributed by atoms with van der Waals surface area (Å²) in [4.78, 5) is 24.4. The van der Waals surface area contributed by atoms with Crippen molar-refractivity contribution in [3.05, 3.63) is 58.6 Å². The van der Waals surface area contributed by atoms with Crippen LogP contribution in [0.3, 0.4) is 0 Å².